The van der Waals surface area contributed by atoms with Crippen LogP contribution < -0.4 is 16.4 Å². The second-order valence-electron chi connectivity index (χ2n) is 15.1. The van der Waals surface area contributed by atoms with Gasteiger partial charge in [-0.05, 0) is 111 Å². The molecule has 244 valence electrons. The van der Waals surface area contributed by atoms with E-state index in [1.165, 1.54) is 12.5 Å². The maximum Gasteiger partial charge on any atom is 0.303 e. The van der Waals surface area contributed by atoms with E-state index in [1.807, 2.05) is 0 Å². The van der Waals surface area contributed by atoms with Crippen molar-refractivity contribution in [3.63, 3.8) is 0 Å². The lowest BCUT2D eigenvalue weighted by atomic mass is 9.36. The number of nitrogens with two attached hydrogens (primary N) is 1. The number of allylic oxidation sites excluding steroid dienone is 2. The van der Waals surface area contributed by atoms with Crippen LogP contribution in [-0.4, -0.2) is 66.6 Å². The number of hydrogen-bond donors (Lipinski definition) is 5. The minimum atomic E-state index is -0.535. The first-order valence-corrected chi connectivity index (χ1v) is 16.8. The fourth-order valence-electron chi connectivity index (χ4n) is 10.4. The summed E-state index contributed by atoms with van der Waals surface area (Å²) in [6.45, 7) is 17.2. The molecule has 4 aliphatic carbocycles. The molecule has 0 heterocycles. The predicted molar refractivity (Wildman–Crippen MR) is 170 cm³/mol. The summed E-state index contributed by atoms with van der Waals surface area (Å²) in [5, 5.41) is 29.3. The molecule has 3 unspecified atom stereocenters. The minimum absolute atomic E-state index is 0.0670. The molecule has 0 bridgehead atoms. The average molecular weight is 602 g/mol. The summed E-state index contributed by atoms with van der Waals surface area (Å²) in [6, 6.07) is 0. The Balaban J connectivity index is 1.77. The number of nitrogens with one attached hydrogen (secondary N) is 2. The summed E-state index contributed by atoms with van der Waals surface area (Å²) < 4.78 is 6.09. The molecule has 8 nitrogen and oxygen atoms in total. The summed E-state index contributed by atoms with van der Waals surface area (Å²) in [6.07, 6.45) is 6.97. The van der Waals surface area contributed by atoms with Crippen molar-refractivity contribution >= 4 is 11.9 Å². The van der Waals surface area contributed by atoms with Crippen LogP contribution in [-0.2, 0) is 14.3 Å². The van der Waals surface area contributed by atoms with E-state index in [1.54, 1.807) is 0 Å². The molecule has 0 aromatic heterocycles. The molecule has 10 atom stereocenters. The third-order valence-electron chi connectivity index (χ3n) is 12.5. The molecule has 0 spiro atoms. The van der Waals surface area contributed by atoms with Gasteiger partial charge in [0.25, 0.3) is 0 Å². The Bertz CT molecular complexity index is 1100. The standard InChI is InChI=1S/C35H59N3O5/c1-21(2)9-8-10-24(32(42)38-18-17-37-16-15-36)30-26-19-28(41)31-33(5)13-12-27(40)22(3)25(33)11-14-34(31,6)35(26,7)20-29(30)43-23(4)39/h9,22,25-29,31,37,40-41H,8,10-20,36H2,1-7H3,(H,38,42)/t22-,25?,26?,27+,28+,29-,31?,33-,34-,35-/m0/s1. The maximum atomic E-state index is 13.9. The van der Waals surface area contributed by atoms with Crippen molar-refractivity contribution in [3.8, 4) is 0 Å². The van der Waals surface area contributed by atoms with E-state index in [0.717, 1.165) is 37.7 Å². The van der Waals surface area contributed by atoms with Crippen LogP contribution in [0, 0.1) is 39.9 Å². The van der Waals surface area contributed by atoms with E-state index in [0.29, 0.717) is 56.9 Å². The summed E-state index contributed by atoms with van der Waals surface area (Å²) >= 11 is 0. The molecule has 6 N–H and O–H groups in total. The van der Waals surface area contributed by atoms with Gasteiger partial charge in [0.1, 0.15) is 6.10 Å². The zero-order chi connectivity index (χ0) is 31.7. The smallest absolute Gasteiger partial charge is 0.303 e. The normalized spacial score (nSPS) is 41.4. The molecule has 0 saturated heterocycles. The molecule has 43 heavy (non-hydrogen) atoms. The number of carbonyl (C=O) groups excluding carboxylic acids is 2. The Kier molecular flexibility index (Phi) is 10.6. The summed E-state index contributed by atoms with van der Waals surface area (Å²) in [4.78, 5) is 26.4. The molecule has 0 aromatic carbocycles. The van der Waals surface area contributed by atoms with E-state index in [9.17, 15) is 19.8 Å². The number of hydrogen-bond acceptors (Lipinski definition) is 7. The molecule has 4 aliphatic rings. The summed E-state index contributed by atoms with van der Waals surface area (Å²) in [7, 11) is 0. The Morgan fingerprint density at radius 1 is 1.02 bits per heavy atom. The first kappa shape index (κ1) is 34.1. The molecule has 4 fully saturated rings. The Hall–Kier alpha value is -1.74. The fourth-order valence-corrected chi connectivity index (χ4v) is 10.4. The molecule has 4 rings (SSSR count). The number of aliphatic hydroxyl groups is 2. The van der Waals surface area contributed by atoms with Crippen molar-refractivity contribution in [2.24, 2.45) is 45.7 Å². The van der Waals surface area contributed by atoms with Crippen molar-refractivity contribution in [2.45, 2.75) is 118 Å². The highest BCUT2D eigenvalue weighted by Gasteiger charge is 2.70. The molecular formula is C35H59N3O5. The maximum absolute atomic E-state index is 13.9. The van der Waals surface area contributed by atoms with Gasteiger partial charge in [0.05, 0.1) is 12.2 Å². The Morgan fingerprint density at radius 2 is 1.74 bits per heavy atom. The Morgan fingerprint density at radius 3 is 2.40 bits per heavy atom. The van der Waals surface area contributed by atoms with E-state index in [4.69, 9.17) is 10.5 Å². The third kappa shape index (κ3) is 6.23. The van der Waals surface area contributed by atoms with Gasteiger partial charge in [-0.25, -0.2) is 0 Å². The van der Waals surface area contributed by atoms with Gasteiger partial charge in [0, 0.05) is 38.7 Å². The molecule has 8 heteroatoms. The summed E-state index contributed by atoms with van der Waals surface area (Å²) in [5.41, 5.74) is 7.88. The van der Waals surface area contributed by atoms with Gasteiger partial charge in [-0.15, -0.1) is 0 Å². The lowest BCUT2D eigenvalue weighted by molar-refractivity contribution is -0.234. The second kappa shape index (κ2) is 13.3. The van der Waals surface area contributed by atoms with Crippen molar-refractivity contribution < 1.29 is 24.5 Å². The van der Waals surface area contributed by atoms with Crippen molar-refractivity contribution in [3.05, 3.63) is 22.8 Å². The highest BCUT2D eigenvalue weighted by Crippen LogP contribution is 2.74. The van der Waals surface area contributed by atoms with Crippen LogP contribution >= 0.6 is 0 Å². The van der Waals surface area contributed by atoms with E-state index in [2.05, 4.69) is 58.3 Å². The van der Waals surface area contributed by atoms with E-state index in [-0.39, 0.29) is 52.0 Å². The van der Waals surface area contributed by atoms with Gasteiger partial charge in [0.2, 0.25) is 5.91 Å². The molecule has 0 aliphatic heterocycles. The number of esters is 1. The lowest BCUT2D eigenvalue weighted by Gasteiger charge is -2.69. The van der Waals surface area contributed by atoms with Crippen LogP contribution in [0.4, 0.5) is 0 Å². The molecule has 1 amide bonds. The third-order valence-corrected chi connectivity index (χ3v) is 12.5. The van der Waals surface area contributed by atoms with Gasteiger partial charge in [0.15, 0.2) is 0 Å². The quantitative estimate of drug-likeness (QED) is 0.109. The number of carbonyl (C=O) groups is 2. The minimum Gasteiger partial charge on any atom is -0.458 e. The van der Waals surface area contributed by atoms with E-state index < -0.39 is 12.2 Å². The SMILES string of the molecule is CC(=O)O[C@H]1C[C@@]2(C)C(C[C@@H](O)C3[C@@]4(C)CC[C@@H](O)[C@@H](C)C4CC[C@@]32C)C1=C(CCC=C(C)C)C(=O)NCCNCCN. The highest BCUT2D eigenvalue weighted by atomic mass is 16.5. The molecule has 0 radical (unpaired) electrons. The van der Waals surface area contributed by atoms with Crippen LogP contribution in [0.5, 0.6) is 0 Å². The topological polar surface area (TPSA) is 134 Å². The monoisotopic (exact) mass is 601 g/mol. The summed E-state index contributed by atoms with van der Waals surface area (Å²) in [5.74, 6) is 0.127. The second-order valence-corrected chi connectivity index (χ2v) is 15.1. The van der Waals surface area contributed by atoms with Crippen molar-refractivity contribution in [1.29, 1.82) is 0 Å². The van der Waals surface area contributed by atoms with Gasteiger partial charge in [-0.1, -0.05) is 39.3 Å². The van der Waals surface area contributed by atoms with Gasteiger partial charge < -0.3 is 31.3 Å². The first-order valence-electron chi connectivity index (χ1n) is 16.8. The number of rotatable bonds is 10. The molecular weight excluding hydrogens is 542 g/mol. The number of amides is 1. The molecule has 4 saturated carbocycles. The fraction of sp³-hybridized carbons (Fsp3) is 0.829. The average Bonchev–Trinajstić information content (AvgIpc) is 3.19. The van der Waals surface area contributed by atoms with Crippen LogP contribution in [0.2, 0.25) is 0 Å². The van der Waals surface area contributed by atoms with Gasteiger partial charge >= 0.3 is 5.97 Å². The zero-order valence-electron chi connectivity index (χ0n) is 27.8. The zero-order valence-corrected chi connectivity index (χ0v) is 27.8. The highest BCUT2D eigenvalue weighted by molar-refractivity contribution is 5.94. The number of aliphatic hydroxyl groups excluding tert-OH is 2. The van der Waals surface area contributed by atoms with Gasteiger partial charge in [-0.3, -0.25) is 9.59 Å². The van der Waals surface area contributed by atoms with Crippen LogP contribution in [0.15, 0.2) is 22.8 Å². The van der Waals surface area contributed by atoms with Crippen LogP contribution in [0.25, 0.3) is 0 Å². The predicted octanol–water partition coefficient (Wildman–Crippen LogP) is 4.25. The molecule has 0 aromatic rings. The number of ether oxygens (including phenoxy) is 1. The van der Waals surface area contributed by atoms with Crippen LogP contribution in [0.3, 0.4) is 0 Å². The van der Waals surface area contributed by atoms with Gasteiger partial charge in [-0.2, -0.15) is 0 Å². The van der Waals surface area contributed by atoms with Crippen molar-refractivity contribution in [2.75, 3.05) is 26.2 Å². The first-order chi connectivity index (χ1) is 20.2. The Labute approximate surface area is 259 Å². The number of fused-ring (bicyclic) bond motifs is 5. The van der Waals surface area contributed by atoms with Crippen LogP contribution in [0.1, 0.15) is 99.8 Å². The van der Waals surface area contributed by atoms with Crippen molar-refractivity contribution in [1.82, 2.24) is 10.6 Å². The lowest BCUT2D eigenvalue weighted by Crippen LogP contribution is -2.65. The van der Waals surface area contributed by atoms with E-state index >= 15 is 0 Å². The largest absolute Gasteiger partial charge is 0.458 e.